The number of methoxy groups -OCH3 is 2. The smallest absolute Gasteiger partial charge is 0.337 e. The molecule has 1 heterocycles. The molecule has 6 heteroatoms. The summed E-state index contributed by atoms with van der Waals surface area (Å²) >= 11 is 0. The number of nitrogens with zero attached hydrogens (tertiary/aromatic N) is 2. The molecule has 0 atom stereocenters. The largest absolute Gasteiger partial charge is 0.496 e. The lowest BCUT2D eigenvalue weighted by atomic mass is 10.00. The predicted octanol–water partition coefficient (Wildman–Crippen LogP) is 2.47. The van der Waals surface area contributed by atoms with Gasteiger partial charge < -0.3 is 19.3 Å². The summed E-state index contributed by atoms with van der Waals surface area (Å²) in [5.41, 5.74) is 3.27. The second-order valence-corrected chi connectivity index (χ2v) is 6.96. The fourth-order valence-electron chi connectivity index (χ4n) is 3.33. The zero-order valence-electron chi connectivity index (χ0n) is 16.6. The summed E-state index contributed by atoms with van der Waals surface area (Å²) in [6.45, 7) is 3.37. The number of carbonyl (C=O) groups is 2. The highest BCUT2D eigenvalue weighted by atomic mass is 16.5. The van der Waals surface area contributed by atoms with Crippen molar-refractivity contribution in [2.45, 2.75) is 6.42 Å². The van der Waals surface area contributed by atoms with Crippen molar-refractivity contribution in [2.24, 2.45) is 0 Å². The van der Waals surface area contributed by atoms with Crippen molar-refractivity contribution in [3.05, 3.63) is 53.6 Å². The SMILES string of the molecule is COC(=O)c1ccc(-c2ccc(CC(=O)N3CCN(C)CC3)cc2OC)cc1. The topological polar surface area (TPSA) is 59.1 Å². The molecule has 28 heavy (non-hydrogen) atoms. The molecule has 2 aromatic carbocycles. The third-order valence-electron chi connectivity index (χ3n) is 5.09. The Bertz CT molecular complexity index is 840. The lowest BCUT2D eigenvalue weighted by Gasteiger charge is -2.32. The van der Waals surface area contributed by atoms with Gasteiger partial charge in [0.2, 0.25) is 5.91 Å². The van der Waals surface area contributed by atoms with E-state index in [-0.39, 0.29) is 11.9 Å². The number of likely N-dealkylation sites (N-methyl/N-ethyl adjacent to an activating group) is 1. The number of ether oxygens (including phenoxy) is 2. The predicted molar refractivity (Wildman–Crippen MR) is 108 cm³/mol. The first-order valence-corrected chi connectivity index (χ1v) is 9.34. The number of carbonyl (C=O) groups excluding carboxylic acids is 2. The third-order valence-corrected chi connectivity index (χ3v) is 5.09. The molecule has 2 aromatic rings. The average molecular weight is 382 g/mol. The maximum Gasteiger partial charge on any atom is 0.337 e. The van der Waals surface area contributed by atoms with E-state index < -0.39 is 0 Å². The molecule has 0 unspecified atom stereocenters. The minimum atomic E-state index is -0.365. The normalized spacial score (nSPS) is 14.6. The maximum absolute atomic E-state index is 12.6. The summed E-state index contributed by atoms with van der Waals surface area (Å²) in [7, 11) is 5.05. The van der Waals surface area contributed by atoms with Crippen LogP contribution in [0.15, 0.2) is 42.5 Å². The summed E-state index contributed by atoms with van der Waals surface area (Å²) in [6, 6.07) is 13.0. The van der Waals surface area contributed by atoms with Gasteiger partial charge in [-0.05, 0) is 36.4 Å². The minimum Gasteiger partial charge on any atom is -0.496 e. The molecule has 1 aliphatic rings. The Balaban J connectivity index is 1.75. The number of hydrogen-bond acceptors (Lipinski definition) is 5. The first kappa shape index (κ1) is 19.9. The fraction of sp³-hybridized carbons (Fsp3) is 0.364. The first-order chi connectivity index (χ1) is 13.5. The average Bonchev–Trinajstić information content (AvgIpc) is 2.73. The molecule has 1 aliphatic heterocycles. The number of rotatable bonds is 5. The van der Waals surface area contributed by atoms with Crippen LogP contribution in [0.4, 0.5) is 0 Å². The van der Waals surface area contributed by atoms with Crippen molar-refractivity contribution in [2.75, 3.05) is 47.4 Å². The molecule has 6 nitrogen and oxygen atoms in total. The van der Waals surface area contributed by atoms with E-state index in [1.807, 2.05) is 35.2 Å². The molecule has 1 saturated heterocycles. The molecule has 0 aromatic heterocycles. The van der Waals surface area contributed by atoms with Gasteiger partial charge in [-0.25, -0.2) is 4.79 Å². The molecule has 1 amide bonds. The summed E-state index contributed by atoms with van der Waals surface area (Å²) in [4.78, 5) is 28.3. The zero-order valence-corrected chi connectivity index (χ0v) is 16.6. The lowest BCUT2D eigenvalue weighted by molar-refractivity contribution is -0.132. The molecule has 0 saturated carbocycles. The van der Waals surface area contributed by atoms with Gasteiger partial charge in [-0.3, -0.25) is 4.79 Å². The fourth-order valence-corrected chi connectivity index (χ4v) is 3.33. The number of esters is 1. The van der Waals surface area contributed by atoms with Gasteiger partial charge >= 0.3 is 5.97 Å². The number of amides is 1. The molecule has 0 N–H and O–H groups in total. The van der Waals surface area contributed by atoms with Crippen LogP contribution in [-0.2, 0) is 16.0 Å². The van der Waals surface area contributed by atoms with Gasteiger partial charge in [-0.2, -0.15) is 0 Å². The van der Waals surface area contributed by atoms with Gasteiger partial charge in [0.1, 0.15) is 5.75 Å². The molecule has 0 bridgehead atoms. The lowest BCUT2D eigenvalue weighted by Crippen LogP contribution is -2.47. The van der Waals surface area contributed by atoms with Gasteiger partial charge in [0, 0.05) is 31.7 Å². The Morgan fingerprint density at radius 1 is 0.964 bits per heavy atom. The first-order valence-electron chi connectivity index (χ1n) is 9.34. The number of hydrogen-bond donors (Lipinski definition) is 0. The van der Waals surface area contributed by atoms with E-state index in [9.17, 15) is 9.59 Å². The van der Waals surface area contributed by atoms with E-state index in [4.69, 9.17) is 9.47 Å². The Hall–Kier alpha value is -2.86. The van der Waals surface area contributed by atoms with Crippen LogP contribution in [0.25, 0.3) is 11.1 Å². The van der Waals surface area contributed by atoms with Crippen LogP contribution in [0.1, 0.15) is 15.9 Å². The van der Waals surface area contributed by atoms with Crippen LogP contribution in [0, 0.1) is 0 Å². The highest BCUT2D eigenvalue weighted by molar-refractivity contribution is 5.90. The Kier molecular flexibility index (Phi) is 6.31. The van der Waals surface area contributed by atoms with E-state index in [0.717, 1.165) is 42.9 Å². The highest BCUT2D eigenvalue weighted by Gasteiger charge is 2.19. The molecule has 148 valence electrons. The van der Waals surface area contributed by atoms with Gasteiger partial charge in [0.25, 0.3) is 0 Å². The van der Waals surface area contributed by atoms with Gasteiger partial charge in [-0.15, -0.1) is 0 Å². The summed E-state index contributed by atoms with van der Waals surface area (Å²) < 4.78 is 10.3. The van der Waals surface area contributed by atoms with Crippen LogP contribution in [-0.4, -0.2) is 69.1 Å². The van der Waals surface area contributed by atoms with E-state index in [2.05, 4.69) is 11.9 Å². The van der Waals surface area contributed by atoms with Crippen LogP contribution in [0.2, 0.25) is 0 Å². The monoisotopic (exact) mass is 382 g/mol. The van der Waals surface area contributed by atoms with Crippen LogP contribution in [0.3, 0.4) is 0 Å². The van der Waals surface area contributed by atoms with Crippen molar-refractivity contribution in [1.82, 2.24) is 9.80 Å². The van der Waals surface area contributed by atoms with Crippen LogP contribution < -0.4 is 4.74 Å². The maximum atomic E-state index is 12.6. The minimum absolute atomic E-state index is 0.144. The Morgan fingerprint density at radius 2 is 1.64 bits per heavy atom. The van der Waals surface area contributed by atoms with Crippen molar-refractivity contribution < 1.29 is 19.1 Å². The molecule has 0 spiro atoms. The van der Waals surface area contributed by atoms with Crippen molar-refractivity contribution in [3.8, 4) is 16.9 Å². The molecular formula is C22H26N2O4. The third kappa shape index (κ3) is 4.51. The summed E-state index contributed by atoms with van der Waals surface area (Å²) in [6.07, 6.45) is 0.363. The Morgan fingerprint density at radius 3 is 2.25 bits per heavy atom. The molecule has 0 aliphatic carbocycles. The highest BCUT2D eigenvalue weighted by Crippen LogP contribution is 2.31. The second kappa shape index (κ2) is 8.89. The van der Waals surface area contributed by atoms with Gasteiger partial charge in [-0.1, -0.05) is 24.3 Å². The molecular weight excluding hydrogens is 356 g/mol. The van der Waals surface area contributed by atoms with Gasteiger partial charge in [0.05, 0.1) is 26.2 Å². The molecule has 0 radical (unpaired) electrons. The van der Waals surface area contributed by atoms with E-state index in [1.165, 1.54) is 7.11 Å². The number of piperazine rings is 1. The van der Waals surface area contributed by atoms with Crippen molar-refractivity contribution in [1.29, 1.82) is 0 Å². The molecule has 3 rings (SSSR count). The number of benzene rings is 2. The van der Waals surface area contributed by atoms with Crippen molar-refractivity contribution in [3.63, 3.8) is 0 Å². The quantitative estimate of drug-likeness (QED) is 0.744. The van der Waals surface area contributed by atoms with E-state index in [1.54, 1.807) is 19.2 Å². The summed E-state index contributed by atoms with van der Waals surface area (Å²) in [5.74, 6) is 0.483. The van der Waals surface area contributed by atoms with Crippen LogP contribution in [0.5, 0.6) is 5.75 Å². The second-order valence-electron chi connectivity index (χ2n) is 6.96. The van der Waals surface area contributed by atoms with Crippen molar-refractivity contribution >= 4 is 11.9 Å². The molecule has 1 fully saturated rings. The van der Waals surface area contributed by atoms with Gasteiger partial charge in [0.15, 0.2) is 0 Å². The van der Waals surface area contributed by atoms with E-state index in [0.29, 0.717) is 17.7 Å². The zero-order chi connectivity index (χ0) is 20.1. The summed E-state index contributed by atoms with van der Waals surface area (Å²) in [5, 5.41) is 0. The Labute approximate surface area is 165 Å². The van der Waals surface area contributed by atoms with E-state index >= 15 is 0 Å². The van der Waals surface area contributed by atoms with Crippen LogP contribution >= 0.6 is 0 Å². The standard InChI is InChI=1S/C22H26N2O4/c1-23-10-12-24(13-11-23)21(25)15-16-4-9-19(20(14-16)27-2)17-5-7-18(8-6-17)22(26)28-3/h4-9,14H,10-13,15H2,1-3H3.